The lowest BCUT2D eigenvalue weighted by atomic mass is 9.78. The molecule has 88 valence electrons. The van der Waals surface area contributed by atoms with Gasteiger partial charge in [0.15, 0.2) is 0 Å². The molecule has 0 aromatic heterocycles. The molecule has 3 heteroatoms. The zero-order chi connectivity index (χ0) is 11.6. The molecule has 0 amide bonds. The van der Waals surface area contributed by atoms with Gasteiger partial charge in [-0.05, 0) is 46.1 Å². The van der Waals surface area contributed by atoms with Crippen LogP contribution in [0.1, 0.15) is 40.0 Å². The summed E-state index contributed by atoms with van der Waals surface area (Å²) in [7, 11) is 2.04. The second-order valence-electron chi connectivity index (χ2n) is 5.19. The third kappa shape index (κ3) is 2.94. The second kappa shape index (κ2) is 4.97. The maximum absolute atomic E-state index is 11.2. The van der Waals surface area contributed by atoms with Crippen molar-refractivity contribution < 1.29 is 9.90 Å². The molecule has 1 aliphatic rings. The topological polar surface area (TPSA) is 40.5 Å². The van der Waals surface area contributed by atoms with Gasteiger partial charge in [0, 0.05) is 12.1 Å². The summed E-state index contributed by atoms with van der Waals surface area (Å²) in [6.45, 7) is 6.47. The van der Waals surface area contributed by atoms with E-state index in [2.05, 4.69) is 25.7 Å². The molecule has 0 aromatic carbocycles. The number of carboxylic acids is 1. The number of nitrogens with zero attached hydrogens (tertiary/aromatic N) is 1. The van der Waals surface area contributed by atoms with Crippen LogP contribution in [0.2, 0.25) is 0 Å². The van der Waals surface area contributed by atoms with Crippen LogP contribution < -0.4 is 0 Å². The molecular weight excluding hydrogens is 190 g/mol. The van der Waals surface area contributed by atoms with E-state index in [1.54, 1.807) is 0 Å². The number of rotatable bonds is 3. The van der Waals surface area contributed by atoms with Gasteiger partial charge >= 0.3 is 5.97 Å². The van der Waals surface area contributed by atoms with Crippen LogP contribution in [0.15, 0.2) is 0 Å². The number of hydrogen-bond donors (Lipinski definition) is 1. The Morgan fingerprint density at radius 1 is 1.40 bits per heavy atom. The summed E-state index contributed by atoms with van der Waals surface area (Å²) in [6, 6.07) is 0.633. The van der Waals surface area contributed by atoms with Crippen LogP contribution in [0.5, 0.6) is 0 Å². The van der Waals surface area contributed by atoms with Crippen molar-refractivity contribution in [3.05, 3.63) is 0 Å². The van der Waals surface area contributed by atoms with E-state index >= 15 is 0 Å². The summed E-state index contributed by atoms with van der Waals surface area (Å²) in [5.41, 5.74) is 0. The van der Waals surface area contributed by atoms with E-state index in [0.717, 1.165) is 19.3 Å². The molecule has 1 N–H and O–H groups in total. The van der Waals surface area contributed by atoms with Crippen LogP contribution in [0.3, 0.4) is 0 Å². The van der Waals surface area contributed by atoms with Crippen molar-refractivity contribution in [1.29, 1.82) is 0 Å². The largest absolute Gasteiger partial charge is 0.481 e. The molecule has 0 aliphatic heterocycles. The predicted octanol–water partition coefficient (Wildman–Crippen LogP) is 2.22. The summed E-state index contributed by atoms with van der Waals surface area (Å²) in [6.07, 6.45) is 2.91. The first-order valence-electron chi connectivity index (χ1n) is 5.88. The predicted molar refractivity (Wildman–Crippen MR) is 60.8 cm³/mol. The number of carboxylic acid groups (broad SMARTS) is 1. The first-order chi connectivity index (χ1) is 6.93. The minimum atomic E-state index is -0.626. The van der Waals surface area contributed by atoms with Crippen molar-refractivity contribution in [2.24, 2.45) is 11.8 Å². The Labute approximate surface area is 92.5 Å². The SMILES string of the molecule is CC1CCC(C(=O)O)C(N(C)C(C)C)C1. The maximum atomic E-state index is 11.2. The molecule has 1 rings (SSSR count). The van der Waals surface area contributed by atoms with E-state index in [9.17, 15) is 9.90 Å². The third-order valence-corrected chi connectivity index (χ3v) is 3.73. The Bertz CT molecular complexity index is 228. The number of carbonyl (C=O) groups is 1. The summed E-state index contributed by atoms with van der Waals surface area (Å²) < 4.78 is 0. The molecule has 0 bridgehead atoms. The molecule has 3 nitrogen and oxygen atoms in total. The smallest absolute Gasteiger partial charge is 0.308 e. The monoisotopic (exact) mass is 213 g/mol. The Balaban J connectivity index is 2.74. The number of aliphatic carboxylic acids is 1. The summed E-state index contributed by atoms with van der Waals surface area (Å²) >= 11 is 0. The molecule has 0 heterocycles. The first-order valence-corrected chi connectivity index (χ1v) is 5.88. The van der Waals surface area contributed by atoms with Crippen molar-refractivity contribution >= 4 is 5.97 Å². The van der Waals surface area contributed by atoms with Crippen molar-refractivity contribution in [1.82, 2.24) is 4.90 Å². The number of hydrogen-bond acceptors (Lipinski definition) is 2. The molecule has 3 unspecified atom stereocenters. The van der Waals surface area contributed by atoms with Crippen molar-refractivity contribution in [2.75, 3.05) is 7.05 Å². The van der Waals surface area contributed by atoms with Crippen LogP contribution in [0.25, 0.3) is 0 Å². The van der Waals surface area contributed by atoms with Crippen LogP contribution in [0.4, 0.5) is 0 Å². The Kier molecular flexibility index (Phi) is 4.14. The highest BCUT2D eigenvalue weighted by atomic mass is 16.4. The van der Waals surface area contributed by atoms with Gasteiger partial charge in [-0.15, -0.1) is 0 Å². The molecule has 1 fully saturated rings. The van der Waals surface area contributed by atoms with E-state index in [4.69, 9.17) is 0 Å². The van der Waals surface area contributed by atoms with Gasteiger partial charge in [0.1, 0.15) is 0 Å². The van der Waals surface area contributed by atoms with Gasteiger partial charge in [0.2, 0.25) is 0 Å². The van der Waals surface area contributed by atoms with E-state index in [1.807, 2.05) is 7.05 Å². The second-order valence-corrected chi connectivity index (χ2v) is 5.19. The van der Waals surface area contributed by atoms with Crippen molar-refractivity contribution in [3.63, 3.8) is 0 Å². The van der Waals surface area contributed by atoms with Gasteiger partial charge < -0.3 is 10.0 Å². The van der Waals surface area contributed by atoms with E-state index in [-0.39, 0.29) is 12.0 Å². The lowest BCUT2D eigenvalue weighted by Gasteiger charge is -2.40. The Hall–Kier alpha value is -0.570. The molecular formula is C12H23NO2. The van der Waals surface area contributed by atoms with E-state index in [1.165, 1.54) is 0 Å². The highest BCUT2D eigenvalue weighted by Gasteiger charge is 2.36. The molecule has 1 saturated carbocycles. The molecule has 1 aliphatic carbocycles. The maximum Gasteiger partial charge on any atom is 0.308 e. The van der Waals surface area contributed by atoms with E-state index in [0.29, 0.717) is 12.0 Å². The quantitative estimate of drug-likeness (QED) is 0.781. The molecule has 0 spiro atoms. The molecule has 15 heavy (non-hydrogen) atoms. The van der Waals surface area contributed by atoms with Crippen LogP contribution >= 0.6 is 0 Å². The van der Waals surface area contributed by atoms with Gasteiger partial charge in [0.05, 0.1) is 5.92 Å². The van der Waals surface area contributed by atoms with Crippen LogP contribution in [0, 0.1) is 11.8 Å². The Morgan fingerprint density at radius 3 is 2.47 bits per heavy atom. The zero-order valence-corrected chi connectivity index (χ0v) is 10.2. The zero-order valence-electron chi connectivity index (χ0n) is 10.2. The summed E-state index contributed by atoms with van der Waals surface area (Å²) in [5, 5.41) is 9.20. The summed E-state index contributed by atoms with van der Waals surface area (Å²) in [4.78, 5) is 13.4. The van der Waals surface area contributed by atoms with Crippen LogP contribution in [-0.2, 0) is 4.79 Å². The fraction of sp³-hybridized carbons (Fsp3) is 0.917. The van der Waals surface area contributed by atoms with Gasteiger partial charge in [-0.2, -0.15) is 0 Å². The standard InChI is InChI=1S/C12H23NO2/c1-8(2)13(4)11-7-9(3)5-6-10(11)12(14)15/h8-11H,5-7H2,1-4H3,(H,14,15). The van der Waals surface area contributed by atoms with Gasteiger partial charge in [-0.25, -0.2) is 0 Å². The van der Waals surface area contributed by atoms with Gasteiger partial charge in [-0.3, -0.25) is 4.79 Å². The minimum absolute atomic E-state index is 0.173. The van der Waals surface area contributed by atoms with E-state index < -0.39 is 5.97 Å². The highest BCUT2D eigenvalue weighted by molar-refractivity contribution is 5.71. The molecule has 0 saturated heterocycles. The average molecular weight is 213 g/mol. The first kappa shape index (κ1) is 12.5. The van der Waals surface area contributed by atoms with Crippen molar-refractivity contribution in [3.8, 4) is 0 Å². The molecule has 0 radical (unpaired) electrons. The van der Waals surface area contributed by atoms with Gasteiger partial charge in [-0.1, -0.05) is 6.92 Å². The minimum Gasteiger partial charge on any atom is -0.481 e. The van der Waals surface area contributed by atoms with Crippen molar-refractivity contribution in [2.45, 2.75) is 52.1 Å². The highest BCUT2D eigenvalue weighted by Crippen LogP contribution is 2.32. The molecule has 3 atom stereocenters. The fourth-order valence-corrected chi connectivity index (χ4v) is 2.47. The summed E-state index contributed by atoms with van der Waals surface area (Å²) in [5.74, 6) is -0.139. The Morgan fingerprint density at radius 2 is 2.00 bits per heavy atom. The third-order valence-electron chi connectivity index (χ3n) is 3.73. The normalized spacial score (nSPS) is 32.3. The lowest BCUT2D eigenvalue weighted by Crippen LogP contribution is -2.47. The molecule has 0 aromatic rings. The fourth-order valence-electron chi connectivity index (χ4n) is 2.47. The lowest BCUT2D eigenvalue weighted by molar-refractivity contribution is -0.146. The van der Waals surface area contributed by atoms with Crippen LogP contribution in [-0.4, -0.2) is 35.1 Å². The average Bonchev–Trinajstić information content (AvgIpc) is 2.15. The van der Waals surface area contributed by atoms with Gasteiger partial charge in [0.25, 0.3) is 0 Å².